The van der Waals surface area contributed by atoms with E-state index >= 15 is 0 Å². The van der Waals surface area contributed by atoms with Crippen LogP contribution in [0, 0.1) is 5.82 Å². The molecule has 10 heteroatoms. The summed E-state index contributed by atoms with van der Waals surface area (Å²) in [6.07, 6.45) is 3.12. The van der Waals surface area contributed by atoms with E-state index in [2.05, 4.69) is 4.90 Å². The van der Waals surface area contributed by atoms with E-state index in [4.69, 9.17) is 21.3 Å². The van der Waals surface area contributed by atoms with Crippen LogP contribution in [-0.2, 0) is 17.8 Å². The minimum Gasteiger partial charge on any atom is -0.383 e. The summed E-state index contributed by atoms with van der Waals surface area (Å²) in [5, 5.41) is 0.276. The van der Waals surface area contributed by atoms with Crippen LogP contribution in [0.4, 0.5) is 10.3 Å². The van der Waals surface area contributed by atoms with E-state index in [1.165, 1.54) is 22.3 Å². The Hall–Kier alpha value is -2.65. The van der Waals surface area contributed by atoms with Gasteiger partial charge in [-0.2, -0.15) is 4.98 Å². The average molecular weight is 478 g/mol. The number of hydrogen-bond donors (Lipinski definition) is 0. The molecule has 0 unspecified atom stereocenters. The van der Waals surface area contributed by atoms with Crippen LogP contribution in [0.15, 0.2) is 27.8 Å². The number of halogens is 2. The van der Waals surface area contributed by atoms with Crippen LogP contribution < -0.4 is 16.1 Å². The fourth-order valence-electron chi connectivity index (χ4n) is 4.41. The highest BCUT2D eigenvalue weighted by atomic mass is 35.5. The Bertz CT molecular complexity index is 1250. The zero-order chi connectivity index (χ0) is 23.7. The Labute approximate surface area is 196 Å². The summed E-state index contributed by atoms with van der Waals surface area (Å²) in [5.74, 6) is 0.102. The summed E-state index contributed by atoms with van der Waals surface area (Å²) < 4.78 is 24.3. The van der Waals surface area contributed by atoms with E-state index in [-0.39, 0.29) is 41.8 Å². The van der Waals surface area contributed by atoms with Crippen molar-refractivity contribution >= 4 is 28.7 Å². The molecule has 8 nitrogen and oxygen atoms in total. The molecule has 3 aromatic rings. The quantitative estimate of drug-likeness (QED) is 0.521. The van der Waals surface area contributed by atoms with Gasteiger partial charge in [0, 0.05) is 36.8 Å². The Morgan fingerprint density at radius 1 is 1.15 bits per heavy atom. The summed E-state index contributed by atoms with van der Waals surface area (Å²) >= 11 is 6.34. The van der Waals surface area contributed by atoms with Crippen molar-refractivity contribution in [1.82, 2.24) is 18.7 Å². The number of ether oxygens (including phenoxy) is 1. The maximum absolute atomic E-state index is 14.7. The van der Waals surface area contributed by atoms with Gasteiger partial charge >= 0.3 is 5.69 Å². The Kier molecular flexibility index (Phi) is 6.90. The molecule has 0 saturated carbocycles. The van der Waals surface area contributed by atoms with Crippen LogP contribution in [0.25, 0.3) is 11.2 Å². The molecule has 0 radical (unpaired) electrons. The van der Waals surface area contributed by atoms with Crippen molar-refractivity contribution < 1.29 is 9.13 Å². The van der Waals surface area contributed by atoms with Crippen molar-refractivity contribution in [3.63, 3.8) is 0 Å². The smallest absolute Gasteiger partial charge is 0.333 e. The van der Waals surface area contributed by atoms with Crippen molar-refractivity contribution in [2.75, 3.05) is 31.7 Å². The number of aromatic nitrogens is 4. The number of benzene rings is 1. The molecule has 2 aromatic heterocycles. The largest absolute Gasteiger partial charge is 0.383 e. The van der Waals surface area contributed by atoms with Crippen LogP contribution in [0.3, 0.4) is 0 Å². The van der Waals surface area contributed by atoms with Crippen molar-refractivity contribution in [2.45, 2.75) is 52.2 Å². The third-order valence-electron chi connectivity index (χ3n) is 6.09. The van der Waals surface area contributed by atoms with Crippen LogP contribution in [0.2, 0.25) is 5.02 Å². The van der Waals surface area contributed by atoms with E-state index in [0.717, 1.165) is 32.4 Å². The molecular formula is C23H29ClFN5O3. The van der Waals surface area contributed by atoms with Gasteiger partial charge < -0.3 is 9.64 Å². The number of fused-ring (bicyclic) bond motifs is 1. The Balaban J connectivity index is 2.04. The molecule has 0 spiro atoms. The maximum atomic E-state index is 14.7. The zero-order valence-electron chi connectivity index (χ0n) is 19.2. The molecule has 1 aromatic carbocycles. The maximum Gasteiger partial charge on any atom is 0.333 e. The van der Waals surface area contributed by atoms with Gasteiger partial charge in [0.1, 0.15) is 5.82 Å². The fourth-order valence-corrected chi connectivity index (χ4v) is 4.64. The van der Waals surface area contributed by atoms with Crippen molar-refractivity contribution in [3.05, 3.63) is 55.4 Å². The van der Waals surface area contributed by atoms with E-state index < -0.39 is 17.1 Å². The number of imidazole rings is 1. The molecule has 0 N–H and O–H groups in total. The lowest BCUT2D eigenvalue weighted by Crippen LogP contribution is -2.42. The van der Waals surface area contributed by atoms with Gasteiger partial charge in [0.25, 0.3) is 5.56 Å². The van der Waals surface area contributed by atoms with Crippen LogP contribution in [0.1, 0.15) is 44.7 Å². The molecule has 0 atom stereocenters. The summed E-state index contributed by atoms with van der Waals surface area (Å²) in [6.45, 7) is 5.66. The van der Waals surface area contributed by atoms with Crippen LogP contribution in [0.5, 0.6) is 0 Å². The summed E-state index contributed by atoms with van der Waals surface area (Å²) in [7, 11) is 1.52. The zero-order valence-corrected chi connectivity index (χ0v) is 19.9. The molecule has 33 heavy (non-hydrogen) atoms. The van der Waals surface area contributed by atoms with Crippen molar-refractivity contribution in [3.8, 4) is 0 Å². The minimum atomic E-state index is -0.466. The number of hydrogen-bond acceptors (Lipinski definition) is 5. The van der Waals surface area contributed by atoms with E-state index in [0.29, 0.717) is 11.6 Å². The molecule has 0 aliphatic carbocycles. The molecule has 178 valence electrons. The lowest BCUT2D eigenvalue weighted by atomic mass is 10.1. The Morgan fingerprint density at radius 2 is 1.88 bits per heavy atom. The standard InChI is InChI=1S/C23H29ClFN5O3/c1-15(2)30-20-19(21(31)28(23(30)32)12-13-33-3)29(14-16-17(24)8-7-9-18(16)25)22(26-20)27-10-5-4-6-11-27/h7-9,15H,4-6,10-14H2,1-3H3. The number of rotatable bonds is 7. The second-order valence-electron chi connectivity index (χ2n) is 8.61. The van der Waals surface area contributed by atoms with Gasteiger partial charge in [-0.15, -0.1) is 0 Å². The van der Waals surface area contributed by atoms with Crippen LogP contribution >= 0.6 is 11.6 Å². The second kappa shape index (κ2) is 9.69. The average Bonchev–Trinajstić information content (AvgIpc) is 3.15. The first-order valence-corrected chi connectivity index (χ1v) is 11.6. The van der Waals surface area contributed by atoms with Gasteiger partial charge in [-0.3, -0.25) is 18.5 Å². The van der Waals surface area contributed by atoms with E-state index in [1.54, 1.807) is 16.7 Å². The third-order valence-corrected chi connectivity index (χ3v) is 6.45. The highest BCUT2D eigenvalue weighted by molar-refractivity contribution is 6.31. The highest BCUT2D eigenvalue weighted by Crippen LogP contribution is 2.28. The number of methoxy groups -OCH3 is 1. The van der Waals surface area contributed by atoms with Gasteiger partial charge in [0.15, 0.2) is 11.2 Å². The number of piperidine rings is 1. The predicted octanol–water partition coefficient (Wildman–Crippen LogP) is 3.42. The number of nitrogens with zero attached hydrogens (tertiary/aromatic N) is 5. The first-order chi connectivity index (χ1) is 15.8. The fraction of sp³-hybridized carbons (Fsp3) is 0.522. The molecule has 0 amide bonds. The van der Waals surface area contributed by atoms with Gasteiger partial charge in [0.05, 0.1) is 19.7 Å². The molecule has 0 bridgehead atoms. The monoisotopic (exact) mass is 477 g/mol. The van der Waals surface area contributed by atoms with Gasteiger partial charge in [-0.05, 0) is 45.2 Å². The summed E-state index contributed by atoms with van der Waals surface area (Å²) in [5.41, 5.74) is -0.0478. The van der Waals surface area contributed by atoms with E-state index in [1.807, 2.05) is 13.8 Å². The molecule has 1 fully saturated rings. The summed E-state index contributed by atoms with van der Waals surface area (Å²) in [4.78, 5) is 33.7. The lowest BCUT2D eigenvalue weighted by molar-refractivity contribution is 0.184. The van der Waals surface area contributed by atoms with E-state index in [9.17, 15) is 14.0 Å². The molecule has 4 rings (SSSR count). The summed E-state index contributed by atoms with van der Waals surface area (Å²) in [6, 6.07) is 4.29. The predicted molar refractivity (Wildman–Crippen MR) is 127 cm³/mol. The minimum absolute atomic E-state index is 0.0314. The van der Waals surface area contributed by atoms with Crippen LogP contribution in [-0.4, -0.2) is 45.5 Å². The molecule has 1 aliphatic rings. The van der Waals surface area contributed by atoms with Crippen molar-refractivity contribution in [1.29, 1.82) is 0 Å². The lowest BCUT2D eigenvalue weighted by Gasteiger charge is -2.28. The molecule has 3 heterocycles. The SMILES string of the molecule is COCCn1c(=O)c2c(nc(N3CCCCC3)n2Cc2c(F)cccc2Cl)n(C(C)C)c1=O. The van der Waals surface area contributed by atoms with Gasteiger partial charge in [-0.1, -0.05) is 17.7 Å². The molecule has 1 aliphatic heterocycles. The molecular weight excluding hydrogens is 449 g/mol. The van der Waals surface area contributed by atoms with Gasteiger partial charge in [0.2, 0.25) is 5.95 Å². The second-order valence-corrected chi connectivity index (χ2v) is 9.02. The molecule has 1 saturated heterocycles. The Morgan fingerprint density at radius 3 is 2.52 bits per heavy atom. The first-order valence-electron chi connectivity index (χ1n) is 11.3. The number of anilines is 1. The topological polar surface area (TPSA) is 74.3 Å². The van der Waals surface area contributed by atoms with Gasteiger partial charge in [-0.25, -0.2) is 9.18 Å². The third kappa shape index (κ3) is 4.31. The highest BCUT2D eigenvalue weighted by Gasteiger charge is 2.27. The first kappa shape index (κ1) is 23.5. The normalized spacial score (nSPS) is 14.5. The van der Waals surface area contributed by atoms with Crippen molar-refractivity contribution in [2.24, 2.45) is 0 Å².